The first-order chi connectivity index (χ1) is 15.4. The predicted octanol–water partition coefficient (Wildman–Crippen LogP) is 4.38. The molecule has 2 N–H and O–H groups in total. The van der Waals surface area contributed by atoms with E-state index in [1.807, 2.05) is 31.2 Å². The third kappa shape index (κ3) is 4.83. The van der Waals surface area contributed by atoms with Gasteiger partial charge in [0.2, 0.25) is 11.8 Å². The number of benzene rings is 3. The van der Waals surface area contributed by atoms with E-state index < -0.39 is 11.7 Å². The molecule has 0 radical (unpaired) electrons. The molecule has 0 aliphatic carbocycles. The number of amides is 3. The van der Waals surface area contributed by atoms with Crippen molar-refractivity contribution < 1.29 is 18.8 Å². The predicted molar refractivity (Wildman–Crippen MR) is 121 cm³/mol. The largest absolute Gasteiger partial charge is 0.326 e. The number of halogens is 1. The van der Waals surface area contributed by atoms with Crippen molar-refractivity contribution in [3.8, 4) is 0 Å². The summed E-state index contributed by atoms with van der Waals surface area (Å²) in [6, 6.07) is 19.7. The molecule has 1 aliphatic rings. The topological polar surface area (TPSA) is 78.5 Å². The van der Waals surface area contributed by atoms with Gasteiger partial charge in [0.1, 0.15) is 5.82 Å². The van der Waals surface area contributed by atoms with Crippen molar-refractivity contribution in [2.75, 3.05) is 22.1 Å². The van der Waals surface area contributed by atoms with Crippen LogP contribution < -0.4 is 15.5 Å². The first-order valence-corrected chi connectivity index (χ1v) is 10.2. The lowest BCUT2D eigenvalue weighted by Gasteiger charge is -2.18. The van der Waals surface area contributed by atoms with Crippen molar-refractivity contribution in [3.63, 3.8) is 0 Å². The molecule has 0 saturated carbocycles. The Bertz CT molecular complexity index is 1180. The van der Waals surface area contributed by atoms with Crippen LogP contribution in [-0.2, 0) is 9.59 Å². The molecular weight excluding hydrogens is 409 g/mol. The SMILES string of the molecule is Cc1cccc(NC(=O)c2cccc(N3C[C@H](C(=O)Nc4ccc(F)cc4)CC3=O)c2)c1. The van der Waals surface area contributed by atoms with E-state index >= 15 is 0 Å². The summed E-state index contributed by atoms with van der Waals surface area (Å²) < 4.78 is 13.1. The van der Waals surface area contributed by atoms with Gasteiger partial charge in [-0.15, -0.1) is 0 Å². The number of anilines is 3. The van der Waals surface area contributed by atoms with Crippen LogP contribution in [-0.4, -0.2) is 24.3 Å². The molecule has 1 saturated heterocycles. The summed E-state index contributed by atoms with van der Waals surface area (Å²) in [6.07, 6.45) is 0.0622. The molecule has 0 spiro atoms. The summed E-state index contributed by atoms with van der Waals surface area (Å²) in [5.74, 6) is -1.72. The fraction of sp³-hybridized carbons (Fsp3) is 0.160. The molecule has 1 atom stereocenters. The zero-order chi connectivity index (χ0) is 22.7. The van der Waals surface area contributed by atoms with Crippen LogP contribution in [0.4, 0.5) is 21.5 Å². The second kappa shape index (κ2) is 9.01. The molecule has 1 fully saturated rings. The molecule has 6 nitrogen and oxygen atoms in total. The van der Waals surface area contributed by atoms with Crippen molar-refractivity contribution in [3.05, 3.63) is 89.7 Å². The Morgan fingerprint density at radius 3 is 2.44 bits per heavy atom. The number of hydrogen-bond donors (Lipinski definition) is 2. The second-order valence-electron chi connectivity index (χ2n) is 7.78. The molecule has 3 aromatic carbocycles. The Balaban J connectivity index is 1.44. The normalized spacial score (nSPS) is 15.5. The van der Waals surface area contributed by atoms with Gasteiger partial charge in [0.05, 0.1) is 5.92 Å². The molecule has 1 aliphatic heterocycles. The lowest BCUT2D eigenvalue weighted by atomic mass is 10.1. The third-order valence-electron chi connectivity index (χ3n) is 5.30. The Labute approximate surface area is 185 Å². The van der Waals surface area contributed by atoms with Crippen molar-refractivity contribution in [2.24, 2.45) is 5.92 Å². The number of rotatable bonds is 5. The van der Waals surface area contributed by atoms with Gasteiger partial charge in [0, 0.05) is 35.6 Å². The second-order valence-corrected chi connectivity index (χ2v) is 7.78. The number of carbonyl (C=O) groups is 3. The fourth-order valence-electron chi connectivity index (χ4n) is 3.65. The Hall–Kier alpha value is -4.00. The summed E-state index contributed by atoms with van der Waals surface area (Å²) >= 11 is 0. The van der Waals surface area contributed by atoms with E-state index in [0.717, 1.165) is 5.56 Å². The highest BCUT2D eigenvalue weighted by Gasteiger charge is 2.35. The zero-order valence-corrected chi connectivity index (χ0v) is 17.5. The Morgan fingerprint density at radius 1 is 0.938 bits per heavy atom. The smallest absolute Gasteiger partial charge is 0.255 e. The minimum absolute atomic E-state index is 0.0622. The monoisotopic (exact) mass is 431 g/mol. The number of nitrogens with zero attached hydrogens (tertiary/aromatic N) is 1. The minimum atomic E-state index is -0.544. The number of hydrogen-bond acceptors (Lipinski definition) is 3. The van der Waals surface area contributed by atoms with Crippen molar-refractivity contribution in [1.29, 1.82) is 0 Å². The van der Waals surface area contributed by atoms with Gasteiger partial charge in [-0.2, -0.15) is 0 Å². The average Bonchev–Trinajstić information content (AvgIpc) is 3.17. The molecule has 3 amide bonds. The maximum absolute atomic E-state index is 13.1. The standard InChI is InChI=1S/C25H22FN3O3/c1-16-4-2-6-21(12-16)28-24(31)17-5-3-7-22(13-17)29-15-18(14-23(29)30)25(32)27-20-10-8-19(26)9-11-20/h2-13,18H,14-15H2,1H3,(H,27,32)(H,28,31)/t18-/m1/s1. The van der Waals surface area contributed by atoms with Gasteiger partial charge in [-0.25, -0.2) is 4.39 Å². The van der Waals surface area contributed by atoms with E-state index in [4.69, 9.17) is 0 Å². The van der Waals surface area contributed by atoms with E-state index in [1.54, 1.807) is 24.3 Å². The molecule has 32 heavy (non-hydrogen) atoms. The van der Waals surface area contributed by atoms with Crippen LogP contribution in [0.3, 0.4) is 0 Å². The molecular formula is C25H22FN3O3. The number of nitrogens with one attached hydrogen (secondary N) is 2. The lowest BCUT2D eigenvalue weighted by Crippen LogP contribution is -2.28. The quantitative estimate of drug-likeness (QED) is 0.629. The Kier molecular flexibility index (Phi) is 5.98. The number of carbonyl (C=O) groups excluding carboxylic acids is 3. The maximum atomic E-state index is 13.1. The molecule has 4 rings (SSSR count). The van der Waals surface area contributed by atoms with E-state index in [-0.39, 0.29) is 30.7 Å². The van der Waals surface area contributed by atoms with Crippen LogP contribution in [0.1, 0.15) is 22.3 Å². The van der Waals surface area contributed by atoms with E-state index in [2.05, 4.69) is 10.6 Å². The molecule has 0 bridgehead atoms. The molecule has 7 heteroatoms. The van der Waals surface area contributed by atoms with Gasteiger partial charge >= 0.3 is 0 Å². The lowest BCUT2D eigenvalue weighted by molar-refractivity contribution is -0.122. The van der Waals surface area contributed by atoms with E-state index in [9.17, 15) is 18.8 Å². The van der Waals surface area contributed by atoms with Crippen molar-refractivity contribution >= 4 is 34.8 Å². The summed E-state index contributed by atoms with van der Waals surface area (Å²) in [7, 11) is 0. The van der Waals surface area contributed by atoms with E-state index in [0.29, 0.717) is 22.6 Å². The highest BCUT2D eigenvalue weighted by molar-refractivity contribution is 6.07. The first kappa shape index (κ1) is 21.2. The van der Waals surface area contributed by atoms with Crippen molar-refractivity contribution in [1.82, 2.24) is 0 Å². The molecule has 0 aromatic heterocycles. The van der Waals surface area contributed by atoms with Gasteiger partial charge in [-0.05, 0) is 67.1 Å². The van der Waals surface area contributed by atoms with Crippen LogP contribution in [0.5, 0.6) is 0 Å². The minimum Gasteiger partial charge on any atom is -0.326 e. The fourth-order valence-corrected chi connectivity index (χ4v) is 3.65. The zero-order valence-electron chi connectivity index (χ0n) is 17.5. The van der Waals surface area contributed by atoms with Crippen LogP contribution >= 0.6 is 0 Å². The maximum Gasteiger partial charge on any atom is 0.255 e. The van der Waals surface area contributed by atoms with Gasteiger partial charge in [0.15, 0.2) is 0 Å². The summed E-state index contributed by atoms with van der Waals surface area (Å²) in [6.45, 7) is 2.15. The van der Waals surface area contributed by atoms with Crippen LogP contribution in [0.25, 0.3) is 0 Å². The molecule has 0 unspecified atom stereocenters. The summed E-state index contributed by atoms with van der Waals surface area (Å²) in [5.41, 5.74) is 3.16. The average molecular weight is 431 g/mol. The van der Waals surface area contributed by atoms with Crippen LogP contribution in [0, 0.1) is 18.7 Å². The van der Waals surface area contributed by atoms with Crippen molar-refractivity contribution in [2.45, 2.75) is 13.3 Å². The third-order valence-corrected chi connectivity index (χ3v) is 5.30. The van der Waals surface area contributed by atoms with Gasteiger partial charge in [0.25, 0.3) is 5.91 Å². The van der Waals surface area contributed by atoms with Gasteiger partial charge in [-0.1, -0.05) is 18.2 Å². The van der Waals surface area contributed by atoms with E-state index in [1.165, 1.54) is 29.2 Å². The summed E-state index contributed by atoms with van der Waals surface area (Å²) in [4.78, 5) is 39.4. The van der Waals surface area contributed by atoms with Gasteiger partial charge < -0.3 is 15.5 Å². The number of aryl methyl sites for hydroxylation is 1. The van der Waals surface area contributed by atoms with Gasteiger partial charge in [-0.3, -0.25) is 14.4 Å². The molecule has 1 heterocycles. The summed E-state index contributed by atoms with van der Waals surface area (Å²) in [5, 5.41) is 5.57. The molecule has 162 valence electrons. The first-order valence-electron chi connectivity index (χ1n) is 10.2. The van der Waals surface area contributed by atoms with Crippen LogP contribution in [0.15, 0.2) is 72.8 Å². The Morgan fingerprint density at radius 2 is 1.69 bits per heavy atom. The van der Waals surface area contributed by atoms with Crippen LogP contribution in [0.2, 0.25) is 0 Å². The highest BCUT2D eigenvalue weighted by Crippen LogP contribution is 2.27. The molecule has 3 aromatic rings. The highest BCUT2D eigenvalue weighted by atomic mass is 19.1.